The summed E-state index contributed by atoms with van der Waals surface area (Å²) in [6.07, 6.45) is 0. The Balaban J connectivity index is 2.01. The molecule has 1 aliphatic rings. The Labute approximate surface area is 114 Å². The number of fused-ring (bicyclic) bond motifs is 1. The molecule has 0 spiro atoms. The summed E-state index contributed by atoms with van der Waals surface area (Å²) in [6, 6.07) is 6.74. The number of carbonyl (C=O) groups is 2. The molecule has 0 saturated carbocycles. The number of ether oxygens (including phenoxy) is 1. The number of rotatable bonds is 2. The number of nitrogens with one attached hydrogen (secondary N) is 1. The molecule has 2 heterocycles. The van der Waals surface area contributed by atoms with Crippen molar-refractivity contribution in [3.63, 3.8) is 0 Å². The van der Waals surface area contributed by atoms with Gasteiger partial charge in [-0.05, 0) is 29.6 Å². The monoisotopic (exact) mass is 273 g/mol. The molecule has 0 saturated heterocycles. The number of amides is 1. The minimum Gasteiger partial charge on any atom is -0.491 e. The third kappa shape index (κ3) is 2.24. The van der Waals surface area contributed by atoms with Crippen LogP contribution in [0.25, 0.3) is 0 Å². The lowest BCUT2D eigenvalue weighted by Crippen LogP contribution is -2.24. The normalized spacial score (nSPS) is 14.0. The van der Waals surface area contributed by atoms with Gasteiger partial charge in [-0.2, -0.15) is 11.3 Å². The third-order valence-electron chi connectivity index (χ3n) is 2.91. The lowest BCUT2D eigenvalue weighted by molar-refractivity contribution is 0.0957. The van der Waals surface area contributed by atoms with E-state index >= 15 is 0 Å². The first kappa shape index (κ1) is 11.9. The molecule has 1 amide bonds. The highest BCUT2D eigenvalue weighted by molar-refractivity contribution is 7.08. The zero-order valence-corrected chi connectivity index (χ0v) is 10.8. The van der Waals surface area contributed by atoms with Gasteiger partial charge in [-0.3, -0.25) is 9.59 Å². The fraction of sp³-hybridized carbons (Fsp3) is 0.143. The SMILES string of the molecule is O=C(c1ccsc1)c1ccc2c(c1)C(=O)NCCO2. The van der Waals surface area contributed by atoms with Crippen molar-refractivity contribution in [1.82, 2.24) is 5.32 Å². The van der Waals surface area contributed by atoms with Crippen molar-refractivity contribution >= 4 is 23.0 Å². The van der Waals surface area contributed by atoms with E-state index < -0.39 is 0 Å². The van der Waals surface area contributed by atoms with Gasteiger partial charge in [-0.25, -0.2) is 0 Å². The van der Waals surface area contributed by atoms with E-state index in [1.165, 1.54) is 11.3 Å². The Hall–Kier alpha value is -2.14. The van der Waals surface area contributed by atoms with Gasteiger partial charge in [0.15, 0.2) is 5.78 Å². The second kappa shape index (κ2) is 4.85. The van der Waals surface area contributed by atoms with Gasteiger partial charge in [0.1, 0.15) is 12.4 Å². The van der Waals surface area contributed by atoms with E-state index in [1.54, 1.807) is 29.6 Å². The number of carbonyl (C=O) groups excluding carboxylic acids is 2. The molecule has 1 aliphatic heterocycles. The summed E-state index contributed by atoms with van der Waals surface area (Å²) in [5.74, 6) is 0.241. The first-order valence-electron chi connectivity index (χ1n) is 5.87. The zero-order valence-electron chi connectivity index (χ0n) is 10.0. The zero-order chi connectivity index (χ0) is 13.2. The summed E-state index contributed by atoms with van der Waals surface area (Å²) in [4.78, 5) is 24.1. The van der Waals surface area contributed by atoms with Crippen molar-refractivity contribution in [1.29, 1.82) is 0 Å². The fourth-order valence-corrected chi connectivity index (χ4v) is 2.59. The van der Waals surface area contributed by atoms with Crippen LogP contribution in [0.5, 0.6) is 5.75 Å². The molecule has 96 valence electrons. The molecule has 1 aromatic heterocycles. The Kier molecular flexibility index (Phi) is 3.05. The molecule has 0 unspecified atom stereocenters. The van der Waals surface area contributed by atoms with Gasteiger partial charge in [0, 0.05) is 16.5 Å². The Morgan fingerprint density at radius 1 is 1.26 bits per heavy atom. The maximum absolute atomic E-state index is 12.2. The van der Waals surface area contributed by atoms with E-state index in [2.05, 4.69) is 5.32 Å². The van der Waals surface area contributed by atoms with Crippen molar-refractivity contribution in [2.24, 2.45) is 0 Å². The summed E-state index contributed by atoms with van der Waals surface area (Å²) in [5, 5.41) is 6.38. The predicted molar refractivity (Wildman–Crippen MR) is 72.0 cm³/mol. The topological polar surface area (TPSA) is 55.4 Å². The highest BCUT2D eigenvalue weighted by atomic mass is 32.1. The summed E-state index contributed by atoms with van der Waals surface area (Å²) in [5.41, 5.74) is 1.55. The van der Waals surface area contributed by atoms with Gasteiger partial charge in [0.05, 0.1) is 12.1 Å². The van der Waals surface area contributed by atoms with Crippen LogP contribution in [0.4, 0.5) is 0 Å². The average Bonchev–Trinajstić information content (AvgIpc) is 2.90. The van der Waals surface area contributed by atoms with E-state index in [1.807, 2.05) is 5.38 Å². The second-order valence-electron chi connectivity index (χ2n) is 4.16. The van der Waals surface area contributed by atoms with E-state index in [0.29, 0.717) is 35.6 Å². The molecular formula is C14H11NO3S. The molecule has 4 nitrogen and oxygen atoms in total. The molecule has 19 heavy (non-hydrogen) atoms. The molecule has 0 aliphatic carbocycles. The first-order valence-corrected chi connectivity index (χ1v) is 6.82. The molecule has 0 atom stereocenters. The van der Waals surface area contributed by atoms with Crippen LogP contribution in [0.2, 0.25) is 0 Å². The van der Waals surface area contributed by atoms with Crippen molar-refractivity contribution in [2.45, 2.75) is 0 Å². The highest BCUT2D eigenvalue weighted by Gasteiger charge is 2.19. The van der Waals surface area contributed by atoms with E-state index in [4.69, 9.17) is 4.74 Å². The maximum Gasteiger partial charge on any atom is 0.255 e. The predicted octanol–water partition coefficient (Wildman–Crippen LogP) is 2.10. The molecule has 1 N–H and O–H groups in total. The number of benzene rings is 1. The number of hydrogen-bond donors (Lipinski definition) is 1. The van der Waals surface area contributed by atoms with Crippen molar-refractivity contribution < 1.29 is 14.3 Å². The summed E-state index contributed by atoms with van der Waals surface area (Å²) < 4.78 is 5.45. The van der Waals surface area contributed by atoms with Gasteiger partial charge >= 0.3 is 0 Å². The molecule has 0 bridgehead atoms. The maximum atomic E-state index is 12.2. The van der Waals surface area contributed by atoms with Crippen molar-refractivity contribution in [3.8, 4) is 5.75 Å². The highest BCUT2D eigenvalue weighted by Crippen LogP contribution is 2.23. The second-order valence-corrected chi connectivity index (χ2v) is 4.94. The quantitative estimate of drug-likeness (QED) is 0.853. The first-order chi connectivity index (χ1) is 9.25. The van der Waals surface area contributed by atoms with Crippen molar-refractivity contribution in [2.75, 3.05) is 13.2 Å². The van der Waals surface area contributed by atoms with Crippen LogP contribution in [-0.4, -0.2) is 24.8 Å². The Morgan fingerprint density at radius 3 is 2.95 bits per heavy atom. The van der Waals surface area contributed by atoms with Crippen LogP contribution in [0, 0.1) is 0 Å². The molecule has 0 fully saturated rings. The van der Waals surface area contributed by atoms with Crippen LogP contribution in [-0.2, 0) is 0 Å². The van der Waals surface area contributed by atoms with Gasteiger partial charge in [0.25, 0.3) is 5.91 Å². The summed E-state index contributed by atoms with van der Waals surface area (Å²) >= 11 is 1.47. The summed E-state index contributed by atoms with van der Waals surface area (Å²) in [7, 11) is 0. The molecule has 3 rings (SSSR count). The largest absolute Gasteiger partial charge is 0.491 e. The average molecular weight is 273 g/mol. The van der Waals surface area contributed by atoms with Crippen molar-refractivity contribution in [3.05, 3.63) is 51.7 Å². The van der Waals surface area contributed by atoms with Crippen LogP contribution < -0.4 is 10.1 Å². The molecule has 5 heteroatoms. The lowest BCUT2D eigenvalue weighted by atomic mass is 10.0. The van der Waals surface area contributed by atoms with Gasteiger partial charge in [-0.15, -0.1) is 0 Å². The number of hydrogen-bond acceptors (Lipinski definition) is 4. The minimum atomic E-state index is -0.201. The van der Waals surface area contributed by atoms with Gasteiger partial charge < -0.3 is 10.1 Å². The van der Waals surface area contributed by atoms with Crippen LogP contribution in [0.1, 0.15) is 26.3 Å². The summed E-state index contributed by atoms with van der Waals surface area (Å²) in [6.45, 7) is 0.915. The smallest absolute Gasteiger partial charge is 0.255 e. The van der Waals surface area contributed by atoms with Crippen LogP contribution in [0.3, 0.4) is 0 Å². The van der Waals surface area contributed by atoms with E-state index in [0.717, 1.165) is 0 Å². The standard InChI is InChI=1S/C14H11NO3S/c16-13(10-3-6-19-8-10)9-1-2-12-11(7-9)14(17)15-4-5-18-12/h1-3,6-8H,4-5H2,(H,15,17). The number of ketones is 1. The Morgan fingerprint density at radius 2 is 2.16 bits per heavy atom. The minimum absolute atomic E-state index is 0.0823. The van der Waals surface area contributed by atoms with E-state index in [-0.39, 0.29) is 11.7 Å². The molecule has 0 radical (unpaired) electrons. The third-order valence-corrected chi connectivity index (χ3v) is 3.60. The number of thiophene rings is 1. The molecular weight excluding hydrogens is 262 g/mol. The van der Waals surface area contributed by atoms with Gasteiger partial charge in [-0.1, -0.05) is 0 Å². The van der Waals surface area contributed by atoms with Gasteiger partial charge in [0.2, 0.25) is 0 Å². The molecule has 1 aromatic carbocycles. The lowest BCUT2D eigenvalue weighted by Gasteiger charge is -2.07. The van der Waals surface area contributed by atoms with Crippen LogP contribution >= 0.6 is 11.3 Å². The Bertz CT molecular complexity index is 634. The molecule has 2 aromatic rings. The van der Waals surface area contributed by atoms with E-state index in [9.17, 15) is 9.59 Å². The van der Waals surface area contributed by atoms with Crippen LogP contribution in [0.15, 0.2) is 35.0 Å². The fourth-order valence-electron chi connectivity index (χ4n) is 1.96.